The Morgan fingerprint density at radius 3 is 2.87 bits per heavy atom. The minimum absolute atomic E-state index is 0.377. The molecule has 0 unspecified atom stereocenters. The van der Waals surface area contributed by atoms with Crippen molar-refractivity contribution in [1.82, 2.24) is 10.1 Å². The number of nitrogens with two attached hydrogens (primary N) is 1. The van der Waals surface area contributed by atoms with Crippen LogP contribution in [0.2, 0.25) is 0 Å². The zero-order valence-electron chi connectivity index (χ0n) is 9.03. The van der Waals surface area contributed by atoms with Gasteiger partial charge in [0, 0.05) is 13.5 Å². The van der Waals surface area contributed by atoms with Crippen molar-refractivity contribution in [3.05, 3.63) is 11.7 Å². The summed E-state index contributed by atoms with van der Waals surface area (Å²) in [5, 5.41) is 3.90. The van der Waals surface area contributed by atoms with E-state index in [1.807, 2.05) is 0 Å². The fourth-order valence-electron chi connectivity index (χ4n) is 1.97. The van der Waals surface area contributed by atoms with Crippen molar-refractivity contribution in [2.75, 3.05) is 13.7 Å². The van der Waals surface area contributed by atoms with Gasteiger partial charge in [-0.1, -0.05) is 18.0 Å². The largest absolute Gasteiger partial charge is 0.384 e. The Balaban J connectivity index is 2.05. The van der Waals surface area contributed by atoms with Crippen molar-refractivity contribution in [2.45, 2.75) is 37.6 Å². The zero-order valence-corrected chi connectivity index (χ0v) is 9.03. The molecule has 0 aromatic carbocycles. The second-order valence-electron chi connectivity index (χ2n) is 4.12. The van der Waals surface area contributed by atoms with Crippen molar-refractivity contribution >= 4 is 0 Å². The van der Waals surface area contributed by atoms with Gasteiger partial charge in [0.15, 0.2) is 5.82 Å². The number of ether oxygens (including phenoxy) is 1. The molecule has 1 aromatic heterocycles. The van der Waals surface area contributed by atoms with E-state index in [0.29, 0.717) is 24.7 Å². The van der Waals surface area contributed by atoms with E-state index < -0.39 is 0 Å². The van der Waals surface area contributed by atoms with Gasteiger partial charge in [-0.25, -0.2) is 0 Å². The fourth-order valence-corrected chi connectivity index (χ4v) is 1.97. The molecule has 1 fully saturated rings. The Bertz CT molecular complexity index is 318. The van der Waals surface area contributed by atoms with Crippen LogP contribution in [0.1, 0.15) is 37.4 Å². The number of methoxy groups -OCH3 is 1. The second kappa shape index (κ2) is 4.28. The summed E-state index contributed by atoms with van der Waals surface area (Å²) < 4.78 is 10.2. The average molecular weight is 211 g/mol. The molecular weight excluding hydrogens is 194 g/mol. The van der Waals surface area contributed by atoms with Gasteiger partial charge in [0.25, 0.3) is 0 Å². The van der Waals surface area contributed by atoms with Crippen molar-refractivity contribution in [1.29, 1.82) is 0 Å². The summed E-state index contributed by atoms with van der Waals surface area (Å²) in [6.45, 7) is 0.608. The predicted molar refractivity (Wildman–Crippen MR) is 54.2 cm³/mol. The Morgan fingerprint density at radius 2 is 2.20 bits per heavy atom. The van der Waals surface area contributed by atoms with Crippen LogP contribution < -0.4 is 5.73 Å². The third-order valence-electron chi connectivity index (χ3n) is 2.92. The van der Waals surface area contributed by atoms with Crippen LogP contribution in [0.4, 0.5) is 0 Å². The van der Waals surface area contributed by atoms with E-state index in [1.165, 1.54) is 0 Å². The third kappa shape index (κ3) is 2.18. The summed E-state index contributed by atoms with van der Waals surface area (Å²) in [5.41, 5.74) is 5.82. The summed E-state index contributed by atoms with van der Waals surface area (Å²) >= 11 is 0. The van der Waals surface area contributed by atoms with Crippen LogP contribution in [0.3, 0.4) is 0 Å². The summed E-state index contributed by atoms with van der Waals surface area (Å²) in [7, 11) is 1.66. The normalized spacial score (nSPS) is 19.6. The summed E-state index contributed by atoms with van der Waals surface area (Å²) in [5.74, 6) is 1.27. The molecule has 5 heteroatoms. The summed E-state index contributed by atoms with van der Waals surface area (Å²) in [6, 6.07) is 0. The molecular formula is C10H17N3O2. The molecule has 1 heterocycles. The van der Waals surface area contributed by atoms with Gasteiger partial charge in [0.1, 0.15) is 0 Å². The Hall–Kier alpha value is -0.940. The molecule has 0 saturated heterocycles. The van der Waals surface area contributed by atoms with Crippen molar-refractivity contribution < 1.29 is 9.26 Å². The van der Waals surface area contributed by atoms with E-state index >= 15 is 0 Å². The molecule has 2 N–H and O–H groups in total. The van der Waals surface area contributed by atoms with Crippen LogP contribution in [0.25, 0.3) is 0 Å². The highest BCUT2D eigenvalue weighted by Gasteiger charge is 2.36. The van der Waals surface area contributed by atoms with Crippen LogP contribution in [-0.4, -0.2) is 23.9 Å². The Morgan fingerprint density at radius 1 is 1.47 bits per heavy atom. The van der Waals surface area contributed by atoms with Gasteiger partial charge in [-0.15, -0.1) is 0 Å². The van der Waals surface area contributed by atoms with Crippen LogP contribution in [-0.2, 0) is 16.7 Å². The lowest BCUT2D eigenvalue weighted by atomic mass is 9.99. The molecule has 2 rings (SSSR count). The van der Waals surface area contributed by atoms with E-state index in [9.17, 15) is 0 Å². The van der Waals surface area contributed by atoms with Crippen LogP contribution in [0.5, 0.6) is 0 Å². The maximum absolute atomic E-state index is 6.19. The highest BCUT2D eigenvalue weighted by atomic mass is 16.5. The first-order valence-corrected chi connectivity index (χ1v) is 5.35. The molecule has 1 aliphatic rings. The van der Waals surface area contributed by atoms with E-state index in [4.69, 9.17) is 15.0 Å². The third-order valence-corrected chi connectivity index (χ3v) is 2.92. The van der Waals surface area contributed by atoms with E-state index in [1.54, 1.807) is 7.11 Å². The van der Waals surface area contributed by atoms with Gasteiger partial charge in [-0.2, -0.15) is 4.98 Å². The quantitative estimate of drug-likeness (QED) is 0.803. The van der Waals surface area contributed by atoms with Gasteiger partial charge in [0.05, 0.1) is 12.1 Å². The first kappa shape index (κ1) is 10.6. The highest BCUT2D eigenvalue weighted by Crippen LogP contribution is 2.35. The van der Waals surface area contributed by atoms with Gasteiger partial charge < -0.3 is 15.0 Å². The van der Waals surface area contributed by atoms with Crippen LogP contribution >= 0.6 is 0 Å². The molecule has 0 spiro atoms. The smallest absolute Gasteiger partial charge is 0.246 e. The standard InChI is InChI=1S/C10H17N3O2/c1-14-7-4-8-12-9(15-13-8)10(11)5-2-3-6-10/h2-7,11H2,1H3. The zero-order chi connectivity index (χ0) is 10.7. The van der Waals surface area contributed by atoms with Crippen molar-refractivity contribution in [2.24, 2.45) is 5.73 Å². The van der Waals surface area contributed by atoms with Crippen LogP contribution in [0, 0.1) is 0 Å². The SMILES string of the molecule is COCCc1noc(C2(N)CCCC2)n1. The first-order chi connectivity index (χ1) is 7.24. The minimum atomic E-state index is -0.377. The monoisotopic (exact) mass is 211 g/mol. The summed E-state index contributed by atoms with van der Waals surface area (Å²) in [4.78, 5) is 4.32. The topological polar surface area (TPSA) is 74.2 Å². The molecule has 0 bridgehead atoms. The van der Waals surface area contributed by atoms with Gasteiger partial charge in [-0.3, -0.25) is 0 Å². The molecule has 1 aliphatic carbocycles. The lowest BCUT2D eigenvalue weighted by molar-refractivity contribution is 0.199. The first-order valence-electron chi connectivity index (χ1n) is 5.35. The van der Waals surface area contributed by atoms with Crippen LogP contribution in [0.15, 0.2) is 4.52 Å². The molecule has 15 heavy (non-hydrogen) atoms. The second-order valence-corrected chi connectivity index (χ2v) is 4.12. The molecule has 84 valence electrons. The maximum atomic E-state index is 6.19. The lowest BCUT2D eigenvalue weighted by Gasteiger charge is -2.17. The predicted octanol–water partition coefficient (Wildman–Crippen LogP) is 0.987. The average Bonchev–Trinajstić information content (AvgIpc) is 2.84. The lowest BCUT2D eigenvalue weighted by Crippen LogP contribution is -2.33. The highest BCUT2D eigenvalue weighted by molar-refractivity contribution is 5.04. The van der Waals surface area contributed by atoms with E-state index in [2.05, 4.69) is 10.1 Å². The molecule has 0 aliphatic heterocycles. The number of nitrogens with zero attached hydrogens (tertiary/aromatic N) is 2. The van der Waals surface area contributed by atoms with Gasteiger partial charge in [0.2, 0.25) is 5.89 Å². The van der Waals surface area contributed by atoms with Crippen molar-refractivity contribution in [3.8, 4) is 0 Å². The number of aromatic nitrogens is 2. The number of hydrogen-bond acceptors (Lipinski definition) is 5. The Kier molecular flexibility index (Phi) is 3.02. The molecule has 0 amide bonds. The van der Waals surface area contributed by atoms with E-state index in [0.717, 1.165) is 25.7 Å². The minimum Gasteiger partial charge on any atom is -0.384 e. The molecule has 5 nitrogen and oxygen atoms in total. The molecule has 0 atom stereocenters. The summed E-state index contributed by atoms with van der Waals surface area (Å²) in [6.07, 6.45) is 4.85. The molecule has 0 radical (unpaired) electrons. The van der Waals surface area contributed by atoms with E-state index in [-0.39, 0.29) is 5.54 Å². The maximum Gasteiger partial charge on any atom is 0.246 e. The fraction of sp³-hybridized carbons (Fsp3) is 0.800. The number of hydrogen-bond donors (Lipinski definition) is 1. The Labute approximate surface area is 89.0 Å². The van der Waals surface area contributed by atoms with Crippen molar-refractivity contribution in [3.63, 3.8) is 0 Å². The molecule has 1 aromatic rings. The number of rotatable bonds is 4. The van der Waals surface area contributed by atoms with Gasteiger partial charge in [-0.05, 0) is 12.8 Å². The molecule has 1 saturated carbocycles. The van der Waals surface area contributed by atoms with Gasteiger partial charge >= 0.3 is 0 Å².